The Bertz CT molecular complexity index is 2440. The van der Waals surface area contributed by atoms with Gasteiger partial charge < -0.3 is 13.4 Å². The molecule has 0 amide bonds. The number of hydrogen-bond acceptors (Lipinski definition) is 5. The maximum atomic E-state index is 5.39. The molecule has 0 saturated carbocycles. The van der Waals surface area contributed by atoms with Crippen LogP contribution in [0.25, 0.3) is 81.8 Å². The predicted molar refractivity (Wildman–Crippen MR) is 178 cm³/mol. The van der Waals surface area contributed by atoms with Crippen molar-refractivity contribution in [2.45, 2.75) is 0 Å². The molecule has 6 heteroatoms. The Kier molecular flexibility index (Phi) is 5.61. The van der Waals surface area contributed by atoms with Gasteiger partial charge in [0.25, 0.3) is 0 Å². The lowest BCUT2D eigenvalue weighted by atomic mass is 10.0. The van der Waals surface area contributed by atoms with E-state index in [-0.39, 0.29) is 0 Å². The molecular weight excluding hydrogens is 563 g/mol. The van der Waals surface area contributed by atoms with Gasteiger partial charge in [-0.1, -0.05) is 42.5 Å². The SMILES string of the molecule is c1ccc(-c2cccc(-n3c4ccc(-c5ccoc5)cc4c4ccc(-c5nc6cc(-c7ccoc7)ccc6s5)cc43)c2)nc1. The van der Waals surface area contributed by atoms with E-state index in [2.05, 4.69) is 88.4 Å². The van der Waals surface area contributed by atoms with Gasteiger partial charge in [0.1, 0.15) is 5.01 Å². The van der Waals surface area contributed by atoms with Crippen molar-refractivity contribution >= 4 is 43.4 Å². The summed E-state index contributed by atoms with van der Waals surface area (Å²) in [7, 11) is 0. The van der Waals surface area contributed by atoms with Crippen molar-refractivity contribution in [2.75, 3.05) is 0 Å². The van der Waals surface area contributed by atoms with Gasteiger partial charge in [-0.2, -0.15) is 0 Å². The third kappa shape index (κ3) is 4.07. The summed E-state index contributed by atoms with van der Waals surface area (Å²) in [6, 6.07) is 38.3. The number of hydrogen-bond donors (Lipinski definition) is 0. The molecule has 0 N–H and O–H groups in total. The summed E-state index contributed by atoms with van der Waals surface area (Å²) in [5.41, 5.74) is 11.8. The van der Waals surface area contributed by atoms with Gasteiger partial charge in [-0.3, -0.25) is 4.98 Å². The lowest BCUT2D eigenvalue weighted by molar-refractivity contribution is 0.568. The number of fused-ring (bicyclic) bond motifs is 4. The van der Waals surface area contributed by atoms with Crippen molar-refractivity contribution in [1.82, 2.24) is 14.5 Å². The van der Waals surface area contributed by atoms with Crippen LogP contribution in [0.1, 0.15) is 0 Å². The van der Waals surface area contributed by atoms with Crippen LogP contribution in [0.4, 0.5) is 0 Å². The topological polar surface area (TPSA) is 57.0 Å². The second-order valence-corrected chi connectivity index (χ2v) is 11.8. The van der Waals surface area contributed by atoms with Crippen LogP contribution in [0, 0.1) is 0 Å². The average molecular weight is 586 g/mol. The lowest BCUT2D eigenvalue weighted by Crippen LogP contribution is -1.95. The summed E-state index contributed by atoms with van der Waals surface area (Å²) < 4.78 is 14.2. The first kappa shape index (κ1) is 24.8. The van der Waals surface area contributed by atoms with E-state index >= 15 is 0 Å². The highest BCUT2D eigenvalue weighted by Crippen LogP contribution is 2.39. The van der Waals surface area contributed by atoms with Crippen LogP contribution in [0.3, 0.4) is 0 Å². The van der Waals surface area contributed by atoms with Crippen molar-refractivity contribution in [3.8, 4) is 49.8 Å². The smallest absolute Gasteiger partial charge is 0.124 e. The van der Waals surface area contributed by atoms with Crippen LogP contribution in [0.15, 0.2) is 149 Å². The van der Waals surface area contributed by atoms with Crippen LogP contribution < -0.4 is 0 Å². The van der Waals surface area contributed by atoms with Crippen molar-refractivity contribution in [2.24, 2.45) is 0 Å². The third-order valence-electron chi connectivity index (χ3n) is 8.17. The normalized spacial score (nSPS) is 11.6. The number of benzene rings is 4. The van der Waals surface area contributed by atoms with Crippen molar-refractivity contribution in [3.63, 3.8) is 0 Å². The highest BCUT2D eigenvalue weighted by Gasteiger charge is 2.17. The summed E-state index contributed by atoms with van der Waals surface area (Å²) in [5.74, 6) is 0. The number of aromatic nitrogens is 3. The van der Waals surface area contributed by atoms with Crippen molar-refractivity contribution in [1.29, 1.82) is 0 Å². The zero-order valence-corrected chi connectivity index (χ0v) is 24.2. The molecule has 0 aliphatic carbocycles. The molecule has 5 aromatic heterocycles. The van der Waals surface area contributed by atoms with Crippen LogP contribution in [-0.4, -0.2) is 14.5 Å². The highest BCUT2D eigenvalue weighted by atomic mass is 32.1. The molecule has 208 valence electrons. The van der Waals surface area contributed by atoms with Gasteiger partial charge in [0, 0.05) is 44.9 Å². The summed E-state index contributed by atoms with van der Waals surface area (Å²) in [6.07, 6.45) is 8.81. The first-order valence-electron chi connectivity index (χ1n) is 14.3. The Morgan fingerprint density at radius 2 is 1.39 bits per heavy atom. The molecule has 0 radical (unpaired) electrons. The molecule has 0 aliphatic rings. The molecule has 0 spiro atoms. The van der Waals surface area contributed by atoms with Gasteiger partial charge in [-0.25, -0.2) is 4.98 Å². The average Bonchev–Trinajstić information content (AvgIpc) is 3.90. The minimum atomic E-state index is 0.947. The van der Waals surface area contributed by atoms with E-state index in [9.17, 15) is 0 Å². The predicted octanol–water partition coefficient (Wildman–Crippen LogP) is 10.6. The Morgan fingerprint density at radius 3 is 2.18 bits per heavy atom. The first-order valence-corrected chi connectivity index (χ1v) is 15.2. The zero-order chi connectivity index (χ0) is 29.0. The lowest BCUT2D eigenvalue weighted by Gasteiger charge is -2.11. The fourth-order valence-electron chi connectivity index (χ4n) is 6.04. The maximum absolute atomic E-state index is 5.39. The molecule has 0 saturated heterocycles. The fourth-order valence-corrected chi connectivity index (χ4v) is 6.98. The number of nitrogens with zero attached hydrogens (tertiary/aromatic N) is 3. The van der Waals surface area contributed by atoms with Crippen LogP contribution in [-0.2, 0) is 0 Å². The Hall–Kier alpha value is -5.72. The molecule has 0 aliphatic heterocycles. The van der Waals surface area contributed by atoms with E-state index < -0.39 is 0 Å². The summed E-state index contributed by atoms with van der Waals surface area (Å²) in [6.45, 7) is 0. The molecule has 0 fully saturated rings. The zero-order valence-electron chi connectivity index (χ0n) is 23.3. The maximum Gasteiger partial charge on any atom is 0.124 e. The van der Waals surface area contributed by atoms with Crippen LogP contribution in [0.5, 0.6) is 0 Å². The number of pyridine rings is 1. The van der Waals surface area contributed by atoms with Gasteiger partial charge in [-0.05, 0) is 77.9 Å². The van der Waals surface area contributed by atoms with Crippen molar-refractivity contribution in [3.05, 3.63) is 140 Å². The number of thiazole rings is 1. The molecule has 0 unspecified atom stereocenters. The molecule has 5 nitrogen and oxygen atoms in total. The van der Waals surface area contributed by atoms with Gasteiger partial charge >= 0.3 is 0 Å². The minimum absolute atomic E-state index is 0.947. The van der Waals surface area contributed by atoms with Crippen LogP contribution in [0.2, 0.25) is 0 Å². The van der Waals surface area contributed by atoms with Crippen molar-refractivity contribution < 1.29 is 8.83 Å². The Balaban J connectivity index is 1.25. The second kappa shape index (κ2) is 9.93. The Labute approximate surface area is 256 Å². The molecule has 4 aromatic carbocycles. The minimum Gasteiger partial charge on any atom is -0.472 e. The molecule has 5 heterocycles. The van der Waals surface area contributed by atoms with E-state index in [1.165, 1.54) is 10.8 Å². The standard InChI is InChI=1S/C38H23N3O2S/c1-2-15-39-33(6-1)26-4-3-5-30(18-26)41-35-11-8-24(28-13-16-42-22-28)19-32(35)31-10-7-27(21-36(31)41)38-40-34-20-25(9-12-37(34)44-38)29-14-17-43-23-29/h1-23H. The highest BCUT2D eigenvalue weighted by molar-refractivity contribution is 7.21. The summed E-state index contributed by atoms with van der Waals surface area (Å²) in [4.78, 5) is 9.68. The molecule has 9 rings (SSSR count). The summed E-state index contributed by atoms with van der Waals surface area (Å²) in [5, 5.41) is 3.35. The van der Waals surface area contributed by atoms with Gasteiger partial charge in [0.05, 0.1) is 52.0 Å². The molecule has 44 heavy (non-hydrogen) atoms. The van der Waals surface area contributed by atoms with Gasteiger partial charge in [0.2, 0.25) is 0 Å². The molecule has 9 aromatic rings. The summed E-state index contributed by atoms with van der Waals surface area (Å²) >= 11 is 1.71. The van der Waals surface area contributed by atoms with E-state index in [1.54, 1.807) is 36.4 Å². The van der Waals surface area contributed by atoms with Gasteiger partial charge in [0.15, 0.2) is 0 Å². The largest absolute Gasteiger partial charge is 0.472 e. The third-order valence-corrected chi connectivity index (χ3v) is 9.26. The molecule has 0 bridgehead atoms. The second-order valence-electron chi connectivity index (χ2n) is 10.8. The molecule has 0 atom stereocenters. The van der Waals surface area contributed by atoms with E-state index in [1.807, 2.05) is 36.5 Å². The monoisotopic (exact) mass is 585 g/mol. The van der Waals surface area contributed by atoms with E-state index in [4.69, 9.17) is 13.8 Å². The first-order chi connectivity index (χ1) is 21.8. The number of furan rings is 2. The Morgan fingerprint density at radius 1 is 0.568 bits per heavy atom. The quantitative estimate of drug-likeness (QED) is 0.202. The van der Waals surface area contributed by atoms with Crippen LogP contribution >= 0.6 is 11.3 Å². The fraction of sp³-hybridized carbons (Fsp3) is 0. The van der Waals surface area contributed by atoms with Gasteiger partial charge in [-0.15, -0.1) is 11.3 Å². The van der Waals surface area contributed by atoms with E-state index in [0.717, 1.165) is 71.0 Å². The molecular formula is C38H23N3O2S. The number of rotatable bonds is 5. The van der Waals surface area contributed by atoms with E-state index in [0.29, 0.717) is 0 Å².